The van der Waals surface area contributed by atoms with Crippen LogP contribution in [-0.4, -0.2) is 23.0 Å². The summed E-state index contributed by atoms with van der Waals surface area (Å²) in [5.74, 6) is 1.28. The molecular weight excluding hydrogens is 438 g/mol. The number of halogens is 1. The van der Waals surface area contributed by atoms with Gasteiger partial charge in [0.05, 0.1) is 11.6 Å². The Labute approximate surface area is 177 Å². The summed E-state index contributed by atoms with van der Waals surface area (Å²) in [7, 11) is 1.62. The second-order valence-electron chi connectivity index (χ2n) is 6.16. The van der Waals surface area contributed by atoms with Gasteiger partial charge in [-0.05, 0) is 46.1 Å². The van der Waals surface area contributed by atoms with Crippen LogP contribution in [0.4, 0.5) is 0 Å². The zero-order valence-electron chi connectivity index (χ0n) is 15.6. The zero-order valence-corrected chi connectivity index (χ0v) is 18.0. The molecular formula is C21H20BrN3O2S. The van der Waals surface area contributed by atoms with Crippen molar-refractivity contribution >= 4 is 33.6 Å². The van der Waals surface area contributed by atoms with Crippen LogP contribution in [0.1, 0.15) is 27.2 Å². The first-order valence-corrected chi connectivity index (χ1v) is 10.4. The molecule has 0 radical (unpaired) electrons. The largest absolute Gasteiger partial charge is 0.497 e. The average molecular weight is 458 g/mol. The normalized spacial score (nSPS) is 10.5. The van der Waals surface area contributed by atoms with Crippen LogP contribution < -0.4 is 10.1 Å². The molecule has 1 N–H and O–H groups in total. The van der Waals surface area contributed by atoms with Crippen molar-refractivity contribution in [3.63, 3.8) is 0 Å². The quantitative estimate of drug-likeness (QED) is 0.408. The summed E-state index contributed by atoms with van der Waals surface area (Å²) >= 11 is 4.87. The second kappa shape index (κ2) is 9.71. The highest BCUT2D eigenvalue weighted by molar-refractivity contribution is 9.10. The van der Waals surface area contributed by atoms with Gasteiger partial charge in [0, 0.05) is 18.5 Å². The molecule has 3 rings (SSSR count). The molecule has 0 unspecified atom stereocenters. The van der Waals surface area contributed by atoms with E-state index in [4.69, 9.17) is 4.74 Å². The van der Waals surface area contributed by atoms with E-state index >= 15 is 0 Å². The first-order chi connectivity index (χ1) is 13.5. The maximum Gasteiger partial charge on any atom is 0.271 e. The minimum absolute atomic E-state index is 0.248. The smallest absolute Gasteiger partial charge is 0.271 e. The van der Waals surface area contributed by atoms with Crippen LogP contribution in [0, 0.1) is 6.92 Å². The molecule has 0 aliphatic carbocycles. The van der Waals surface area contributed by atoms with Crippen molar-refractivity contribution in [2.24, 2.45) is 0 Å². The van der Waals surface area contributed by atoms with Crippen molar-refractivity contribution in [1.82, 2.24) is 15.3 Å². The van der Waals surface area contributed by atoms with Crippen LogP contribution in [0.15, 0.2) is 64.4 Å². The lowest BCUT2D eigenvalue weighted by atomic mass is 10.2. The molecule has 144 valence electrons. The first kappa shape index (κ1) is 20.4. The Balaban J connectivity index is 1.63. The van der Waals surface area contributed by atoms with Gasteiger partial charge in [0.1, 0.15) is 11.4 Å². The van der Waals surface area contributed by atoms with Gasteiger partial charge < -0.3 is 10.1 Å². The summed E-state index contributed by atoms with van der Waals surface area (Å²) in [4.78, 5) is 21.3. The van der Waals surface area contributed by atoms with Crippen LogP contribution in [0.25, 0.3) is 0 Å². The molecule has 2 aromatic carbocycles. The molecule has 0 spiro atoms. The Kier molecular flexibility index (Phi) is 7.06. The molecule has 0 atom stereocenters. The van der Waals surface area contributed by atoms with Crippen LogP contribution >= 0.6 is 27.7 Å². The van der Waals surface area contributed by atoms with Gasteiger partial charge in [-0.25, -0.2) is 9.97 Å². The first-order valence-electron chi connectivity index (χ1n) is 8.67. The lowest BCUT2D eigenvalue weighted by Gasteiger charge is -2.08. The molecule has 0 aliphatic heterocycles. The van der Waals surface area contributed by atoms with E-state index < -0.39 is 0 Å². The van der Waals surface area contributed by atoms with Crippen molar-refractivity contribution < 1.29 is 9.53 Å². The third-order valence-electron chi connectivity index (χ3n) is 4.00. The maximum atomic E-state index is 12.6. The standard InChI is InChI=1S/C21H20BrN3O2S/c1-14-4-3-5-16(10-14)13-28-21-24-12-18(22)19(25-21)20(26)23-11-15-6-8-17(27-2)9-7-15/h3-10,12H,11,13H2,1-2H3,(H,23,26). The van der Waals surface area contributed by atoms with Gasteiger partial charge >= 0.3 is 0 Å². The van der Waals surface area contributed by atoms with Crippen LogP contribution in [0.5, 0.6) is 5.75 Å². The lowest BCUT2D eigenvalue weighted by molar-refractivity contribution is 0.0944. The molecule has 0 fully saturated rings. The summed E-state index contributed by atoms with van der Waals surface area (Å²) < 4.78 is 5.71. The van der Waals surface area contributed by atoms with Crippen LogP contribution in [-0.2, 0) is 12.3 Å². The van der Waals surface area contributed by atoms with E-state index in [2.05, 4.69) is 56.3 Å². The number of rotatable bonds is 7. The van der Waals surface area contributed by atoms with E-state index in [1.807, 2.05) is 30.3 Å². The number of benzene rings is 2. The summed E-state index contributed by atoms with van der Waals surface area (Å²) in [5, 5.41) is 3.46. The Hall–Kier alpha value is -2.38. The summed E-state index contributed by atoms with van der Waals surface area (Å²) in [6, 6.07) is 15.9. The van der Waals surface area contributed by atoms with E-state index in [-0.39, 0.29) is 5.91 Å². The lowest BCUT2D eigenvalue weighted by Crippen LogP contribution is -2.24. The minimum Gasteiger partial charge on any atom is -0.497 e. The number of carbonyl (C=O) groups is 1. The third kappa shape index (κ3) is 5.56. The molecule has 5 nitrogen and oxygen atoms in total. The highest BCUT2D eigenvalue weighted by Gasteiger charge is 2.14. The monoisotopic (exact) mass is 457 g/mol. The second-order valence-corrected chi connectivity index (χ2v) is 7.95. The fourth-order valence-corrected chi connectivity index (χ4v) is 3.67. The van der Waals surface area contributed by atoms with Crippen molar-refractivity contribution in [2.45, 2.75) is 24.4 Å². The summed E-state index contributed by atoms with van der Waals surface area (Å²) in [6.45, 7) is 2.47. The van der Waals surface area contributed by atoms with Gasteiger partial charge in [-0.3, -0.25) is 4.79 Å². The van der Waals surface area contributed by atoms with Gasteiger partial charge in [0.15, 0.2) is 5.16 Å². The summed E-state index contributed by atoms with van der Waals surface area (Å²) in [6.07, 6.45) is 1.62. The fraction of sp³-hybridized carbons (Fsp3) is 0.190. The molecule has 28 heavy (non-hydrogen) atoms. The van der Waals surface area contributed by atoms with Gasteiger partial charge in [-0.1, -0.05) is 53.7 Å². The van der Waals surface area contributed by atoms with Gasteiger partial charge in [-0.2, -0.15) is 0 Å². The van der Waals surface area contributed by atoms with Crippen molar-refractivity contribution in [2.75, 3.05) is 7.11 Å². The SMILES string of the molecule is COc1ccc(CNC(=O)c2nc(SCc3cccc(C)c3)ncc2Br)cc1. The van der Waals surface area contributed by atoms with E-state index in [9.17, 15) is 4.79 Å². The van der Waals surface area contributed by atoms with E-state index in [0.29, 0.717) is 21.9 Å². The number of hydrogen-bond acceptors (Lipinski definition) is 5. The molecule has 0 bridgehead atoms. The number of ether oxygens (including phenoxy) is 1. The van der Waals surface area contributed by atoms with Crippen molar-refractivity contribution in [3.05, 3.63) is 81.6 Å². The Morgan fingerprint density at radius 3 is 2.68 bits per heavy atom. The highest BCUT2D eigenvalue weighted by Crippen LogP contribution is 2.22. The predicted octanol–water partition coefficient (Wildman–Crippen LogP) is 4.78. The molecule has 1 aromatic heterocycles. The fourth-order valence-electron chi connectivity index (χ4n) is 2.54. The molecule has 0 aliphatic rings. The van der Waals surface area contributed by atoms with Crippen LogP contribution in [0.2, 0.25) is 0 Å². The zero-order chi connectivity index (χ0) is 19.9. The van der Waals surface area contributed by atoms with Gasteiger partial charge in [-0.15, -0.1) is 0 Å². The third-order valence-corrected chi connectivity index (χ3v) is 5.51. The van der Waals surface area contributed by atoms with E-state index in [1.54, 1.807) is 13.3 Å². The number of hydrogen-bond donors (Lipinski definition) is 1. The number of thioether (sulfide) groups is 1. The van der Waals surface area contributed by atoms with E-state index in [0.717, 1.165) is 17.1 Å². The summed E-state index contributed by atoms with van der Waals surface area (Å²) in [5.41, 5.74) is 3.72. The van der Waals surface area contributed by atoms with E-state index in [1.165, 1.54) is 22.9 Å². The minimum atomic E-state index is -0.248. The average Bonchev–Trinajstić information content (AvgIpc) is 2.72. The molecule has 7 heteroatoms. The maximum absolute atomic E-state index is 12.6. The number of aromatic nitrogens is 2. The van der Waals surface area contributed by atoms with Gasteiger partial charge in [0.2, 0.25) is 0 Å². The topological polar surface area (TPSA) is 64.1 Å². The molecule has 3 aromatic rings. The number of nitrogens with one attached hydrogen (secondary N) is 1. The number of carbonyl (C=O) groups excluding carboxylic acids is 1. The number of aryl methyl sites for hydroxylation is 1. The molecule has 1 heterocycles. The highest BCUT2D eigenvalue weighted by atomic mass is 79.9. The Morgan fingerprint density at radius 1 is 1.18 bits per heavy atom. The van der Waals surface area contributed by atoms with Crippen molar-refractivity contribution in [1.29, 1.82) is 0 Å². The number of nitrogens with zero attached hydrogens (tertiary/aromatic N) is 2. The number of methoxy groups -OCH3 is 1. The molecule has 0 saturated carbocycles. The Bertz CT molecular complexity index is 964. The molecule has 1 amide bonds. The van der Waals surface area contributed by atoms with Gasteiger partial charge in [0.25, 0.3) is 5.91 Å². The Morgan fingerprint density at radius 2 is 1.96 bits per heavy atom. The van der Waals surface area contributed by atoms with Crippen molar-refractivity contribution in [3.8, 4) is 5.75 Å². The number of amides is 1. The van der Waals surface area contributed by atoms with Crippen LogP contribution in [0.3, 0.4) is 0 Å². The predicted molar refractivity (Wildman–Crippen MR) is 115 cm³/mol. The molecule has 0 saturated heterocycles.